The summed E-state index contributed by atoms with van der Waals surface area (Å²) >= 11 is 0. The third kappa shape index (κ3) is 5.04. The standard InChI is InChI=1S/C13H27N3O/c1-3-11(2)12(14)13(17)15-7-10-16-8-5-4-6-9-16/h11-12H,3-10,14H2,1-2H3,(H,15,17)/t11?,12-/m0/s1. The molecular formula is C13H27N3O. The summed E-state index contributed by atoms with van der Waals surface area (Å²) in [6.07, 6.45) is 4.88. The van der Waals surface area contributed by atoms with Crippen molar-refractivity contribution in [1.82, 2.24) is 10.2 Å². The first-order valence-electron chi connectivity index (χ1n) is 6.90. The number of nitrogens with two attached hydrogens (primary N) is 1. The molecule has 1 unspecified atom stereocenters. The van der Waals surface area contributed by atoms with E-state index in [0.717, 1.165) is 19.5 Å². The van der Waals surface area contributed by atoms with Crippen molar-refractivity contribution in [3.63, 3.8) is 0 Å². The quantitative estimate of drug-likeness (QED) is 0.728. The van der Waals surface area contributed by atoms with Crippen LogP contribution >= 0.6 is 0 Å². The average Bonchev–Trinajstić information content (AvgIpc) is 2.38. The van der Waals surface area contributed by atoms with E-state index in [2.05, 4.69) is 17.1 Å². The Morgan fingerprint density at radius 1 is 1.35 bits per heavy atom. The van der Waals surface area contributed by atoms with Crippen molar-refractivity contribution >= 4 is 5.91 Å². The highest BCUT2D eigenvalue weighted by atomic mass is 16.2. The van der Waals surface area contributed by atoms with Crippen molar-refractivity contribution in [3.05, 3.63) is 0 Å². The average molecular weight is 241 g/mol. The molecule has 1 amide bonds. The second-order valence-electron chi connectivity index (χ2n) is 5.10. The van der Waals surface area contributed by atoms with Gasteiger partial charge in [-0.3, -0.25) is 4.79 Å². The van der Waals surface area contributed by atoms with Crippen LogP contribution in [-0.4, -0.2) is 43.0 Å². The molecular weight excluding hydrogens is 214 g/mol. The molecule has 0 radical (unpaired) electrons. The number of amides is 1. The zero-order valence-corrected chi connectivity index (χ0v) is 11.2. The number of piperidine rings is 1. The fourth-order valence-corrected chi connectivity index (χ4v) is 2.15. The van der Waals surface area contributed by atoms with Gasteiger partial charge in [-0.25, -0.2) is 0 Å². The van der Waals surface area contributed by atoms with Crippen LogP contribution in [0.2, 0.25) is 0 Å². The Kier molecular flexibility index (Phi) is 6.52. The van der Waals surface area contributed by atoms with Gasteiger partial charge in [0.05, 0.1) is 6.04 Å². The van der Waals surface area contributed by atoms with Crippen molar-refractivity contribution in [3.8, 4) is 0 Å². The van der Waals surface area contributed by atoms with Gasteiger partial charge in [-0.1, -0.05) is 26.7 Å². The lowest BCUT2D eigenvalue weighted by molar-refractivity contribution is -0.123. The Bertz CT molecular complexity index is 227. The van der Waals surface area contributed by atoms with Crippen LogP contribution in [0.3, 0.4) is 0 Å². The molecule has 0 saturated carbocycles. The van der Waals surface area contributed by atoms with Crippen molar-refractivity contribution in [2.75, 3.05) is 26.2 Å². The molecule has 2 atom stereocenters. The topological polar surface area (TPSA) is 58.4 Å². The van der Waals surface area contributed by atoms with E-state index in [-0.39, 0.29) is 17.9 Å². The van der Waals surface area contributed by atoms with Gasteiger partial charge in [0.2, 0.25) is 5.91 Å². The van der Waals surface area contributed by atoms with E-state index in [1.165, 1.54) is 32.4 Å². The van der Waals surface area contributed by atoms with Gasteiger partial charge in [0, 0.05) is 13.1 Å². The Labute approximate surface area is 105 Å². The summed E-state index contributed by atoms with van der Waals surface area (Å²) in [7, 11) is 0. The van der Waals surface area contributed by atoms with Crippen LogP contribution in [0.4, 0.5) is 0 Å². The molecule has 0 spiro atoms. The van der Waals surface area contributed by atoms with E-state index in [1.807, 2.05) is 6.92 Å². The van der Waals surface area contributed by atoms with E-state index in [4.69, 9.17) is 5.73 Å². The predicted molar refractivity (Wildman–Crippen MR) is 70.7 cm³/mol. The van der Waals surface area contributed by atoms with Crippen molar-refractivity contribution in [2.45, 2.75) is 45.6 Å². The predicted octanol–water partition coefficient (Wildman–Crippen LogP) is 0.962. The van der Waals surface area contributed by atoms with Crippen molar-refractivity contribution < 1.29 is 4.79 Å². The number of carbonyl (C=O) groups excluding carboxylic acids is 1. The second-order valence-corrected chi connectivity index (χ2v) is 5.10. The van der Waals surface area contributed by atoms with Crippen LogP contribution in [0.25, 0.3) is 0 Å². The molecule has 3 N–H and O–H groups in total. The molecule has 1 aliphatic heterocycles. The van der Waals surface area contributed by atoms with Gasteiger partial charge in [0.15, 0.2) is 0 Å². The van der Waals surface area contributed by atoms with Gasteiger partial charge >= 0.3 is 0 Å². The Hall–Kier alpha value is -0.610. The number of carbonyl (C=O) groups is 1. The smallest absolute Gasteiger partial charge is 0.237 e. The lowest BCUT2D eigenvalue weighted by Crippen LogP contribution is -2.47. The highest BCUT2D eigenvalue weighted by Gasteiger charge is 2.19. The monoisotopic (exact) mass is 241 g/mol. The van der Waals surface area contributed by atoms with E-state index in [1.54, 1.807) is 0 Å². The van der Waals surface area contributed by atoms with E-state index in [0.29, 0.717) is 0 Å². The maximum atomic E-state index is 11.7. The number of hydrogen-bond acceptors (Lipinski definition) is 3. The number of nitrogens with one attached hydrogen (secondary N) is 1. The van der Waals surface area contributed by atoms with Gasteiger partial charge in [-0.05, 0) is 31.8 Å². The number of nitrogens with zero attached hydrogens (tertiary/aromatic N) is 1. The zero-order valence-electron chi connectivity index (χ0n) is 11.2. The van der Waals surface area contributed by atoms with Crippen LogP contribution in [-0.2, 0) is 4.79 Å². The molecule has 1 saturated heterocycles. The number of likely N-dealkylation sites (tertiary alicyclic amines) is 1. The molecule has 4 nitrogen and oxygen atoms in total. The first-order chi connectivity index (χ1) is 8.15. The molecule has 0 aromatic rings. The number of rotatable bonds is 6. The van der Waals surface area contributed by atoms with Crippen molar-refractivity contribution in [2.24, 2.45) is 11.7 Å². The van der Waals surface area contributed by atoms with Crippen LogP contribution in [0, 0.1) is 5.92 Å². The molecule has 0 bridgehead atoms. The Morgan fingerprint density at radius 3 is 2.59 bits per heavy atom. The van der Waals surface area contributed by atoms with Gasteiger partial charge in [0.25, 0.3) is 0 Å². The van der Waals surface area contributed by atoms with Crippen LogP contribution < -0.4 is 11.1 Å². The van der Waals surface area contributed by atoms with Gasteiger partial charge in [-0.15, -0.1) is 0 Å². The summed E-state index contributed by atoms with van der Waals surface area (Å²) in [4.78, 5) is 14.1. The van der Waals surface area contributed by atoms with Gasteiger partial charge < -0.3 is 16.0 Å². The largest absolute Gasteiger partial charge is 0.353 e. The molecule has 1 rings (SSSR count). The molecule has 17 heavy (non-hydrogen) atoms. The Morgan fingerprint density at radius 2 is 2.00 bits per heavy atom. The minimum absolute atomic E-state index is 0.00337. The molecule has 1 aliphatic rings. The van der Waals surface area contributed by atoms with Crippen LogP contribution in [0.1, 0.15) is 39.5 Å². The Balaban J connectivity index is 2.14. The summed E-state index contributed by atoms with van der Waals surface area (Å²) in [6.45, 7) is 8.11. The molecule has 100 valence electrons. The normalized spacial score (nSPS) is 20.9. The summed E-state index contributed by atoms with van der Waals surface area (Å²) in [6, 6.07) is -0.360. The van der Waals surface area contributed by atoms with Gasteiger partial charge in [0.1, 0.15) is 0 Å². The van der Waals surface area contributed by atoms with Crippen LogP contribution in [0.15, 0.2) is 0 Å². The van der Waals surface area contributed by atoms with E-state index >= 15 is 0 Å². The summed E-state index contributed by atoms with van der Waals surface area (Å²) in [5, 5.41) is 2.94. The minimum Gasteiger partial charge on any atom is -0.353 e. The van der Waals surface area contributed by atoms with E-state index < -0.39 is 0 Å². The summed E-state index contributed by atoms with van der Waals surface area (Å²) in [5.41, 5.74) is 5.86. The van der Waals surface area contributed by atoms with Crippen molar-refractivity contribution in [1.29, 1.82) is 0 Å². The lowest BCUT2D eigenvalue weighted by atomic mass is 9.99. The second kappa shape index (κ2) is 7.67. The highest BCUT2D eigenvalue weighted by molar-refractivity contribution is 5.81. The molecule has 4 heteroatoms. The molecule has 0 aliphatic carbocycles. The molecule has 1 fully saturated rings. The maximum Gasteiger partial charge on any atom is 0.237 e. The highest BCUT2D eigenvalue weighted by Crippen LogP contribution is 2.07. The third-order valence-corrected chi connectivity index (χ3v) is 3.74. The summed E-state index contributed by atoms with van der Waals surface area (Å²) < 4.78 is 0. The molecule has 1 heterocycles. The summed E-state index contributed by atoms with van der Waals surface area (Å²) in [5.74, 6) is 0.251. The maximum absolute atomic E-state index is 11.7. The first-order valence-corrected chi connectivity index (χ1v) is 6.90. The van der Waals surface area contributed by atoms with E-state index in [9.17, 15) is 4.79 Å². The SMILES string of the molecule is CCC(C)[C@H](N)C(=O)NCCN1CCCCC1. The number of hydrogen-bond donors (Lipinski definition) is 2. The molecule has 0 aromatic heterocycles. The first kappa shape index (κ1) is 14.5. The zero-order chi connectivity index (χ0) is 12.7. The fraction of sp³-hybridized carbons (Fsp3) is 0.923. The fourth-order valence-electron chi connectivity index (χ4n) is 2.15. The minimum atomic E-state index is -0.360. The lowest BCUT2D eigenvalue weighted by Gasteiger charge is -2.26. The van der Waals surface area contributed by atoms with Gasteiger partial charge in [-0.2, -0.15) is 0 Å². The third-order valence-electron chi connectivity index (χ3n) is 3.74. The van der Waals surface area contributed by atoms with Crippen LogP contribution in [0.5, 0.6) is 0 Å². The molecule has 0 aromatic carbocycles.